The van der Waals surface area contributed by atoms with E-state index in [0.29, 0.717) is 18.0 Å². The maximum absolute atomic E-state index is 11.4. The van der Waals surface area contributed by atoms with E-state index in [0.717, 1.165) is 37.1 Å². The number of carbonyl (C=O) groups excluding carboxylic acids is 1. The summed E-state index contributed by atoms with van der Waals surface area (Å²) >= 11 is 0. The Balaban J connectivity index is 1.72. The van der Waals surface area contributed by atoms with Gasteiger partial charge in [-0.2, -0.15) is 0 Å². The second-order valence-electron chi connectivity index (χ2n) is 6.02. The molecule has 1 fully saturated rings. The van der Waals surface area contributed by atoms with E-state index >= 15 is 0 Å². The first kappa shape index (κ1) is 14.6. The molecule has 1 unspecified atom stereocenters. The molecule has 0 bridgehead atoms. The smallest absolute Gasteiger partial charge is 0.264 e. The van der Waals surface area contributed by atoms with Crippen LogP contribution in [0.25, 0.3) is 0 Å². The van der Waals surface area contributed by atoms with Gasteiger partial charge in [-0.15, -0.1) is 0 Å². The van der Waals surface area contributed by atoms with E-state index in [2.05, 4.69) is 10.1 Å². The molecule has 116 valence electrons. The lowest BCUT2D eigenvalue weighted by Gasteiger charge is -2.18. The number of nitrogens with zero attached hydrogens (tertiary/aromatic N) is 2. The highest BCUT2D eigenvalue weighted by atomic mass is 16.7. The van der Waals surface area contributed by atoms with Crippen LogP contribution in [0.2, 0.25) is 0 Å². The first-order valence-electron chi connectivity index (χ1n) is 7.49. The third kappa shape index (κ3) is 2.56. The highest BCUT2D eigenvalue weighted by Crippen LogP contribution is 2.26. The molecule has 0 aromatic heterocycles. The van der Waals surface area contributed by atoms with E-state index in [9.17, 15) is 4.79 Å². The first-order chi connectivity index (χ1) is 10.5. The summed E-state index contributed by atoms with van der Waals surface area (Å²) in [6, 6.07) is 7.65. The van der Waals surface area contributed by atoms with Crippen molar-refractivity contribution in [3.8, 4) is 0 Å². The number of hydrogen-bond donors (Lipinski definition) is 2. The van der Waals surface area contributed by atoms with Crippen LogP contribution >= 0.6 is 0 Å². The fourth-order valence-corrected chi connectivity index (χ4v) is 2.77. The Kier molecular flexibility index (Phi) is 3.60. The van der Waals surface area contributed by atoms with E-state index in [1.54, 1.807) is 6.92 Å². The summed E-state index contributed by atoms with van der Waals surface area (Å²) in [5, 5.41) is 12.2. The third-order valence-corrected chi connectivity index (χ3v) is 4.30. The molecule has 0 aliphatic carbocycles. The molecular formula is C16H20N4O2. The van der Waals surface area contributed by atoms with Crippen LogP contribution in [0.15, 0.2) is 29.4 Å². The number of hydrogen-bond acceptors (Lipinski definition) is 4. The van der Waals surface area contributed by atoms with Gasteiger partial charge in [0.15, 0.2) is 0 Å². The number of benzene rings is 1. The van der Waals surface area contributed by atoms with Crippen LogP contribution in [-0.4, -0.2) is 41.0 Å². The van der Waals surface area contributed by atoms with Crippen molar-refractivity contribution in [1.82, 2.24) is 4.90 Å². The monoisotopic (exact) mass is 300 g/mol. The average Bonchev–Trinajstić information content (AvgIpc) is 3.17. The summed E-state index contributed by atoms with van der Waals surface area (Å²) in [4.78, 5) is 18.7. The molecule has 3 N–H and O–H groups in total. The van der Waals surface area contributed by atoms with Gasteiger partial charge in [-0.1, -0.05) is 29.4 Å². The number of likely N-dealkylation sites (tertiary alicyclic amines) is 1. The topological polar surface area (TPSA) is 91.8 Å². The molecule has 3 rings (SSSR count). The van der Waals surface area contributed by atoms with Gasteiger partial charge in [0.05, 0.1) is 5.71 Å². The van der Waals surface area contributed by atoms with Crippen LogP contribution in [0.5, 0.6) is 0 Å². The molecular weight excluding hydrogens is 280 g/mol. The minimum atomic E-state index is -1.06. The Morgan fingerprint density at radius 3 is 2.50 bits per heavy atom. The molecule has 2 aliphatic heterocycles. The highest BCUT2D eigenvalue weighted by Gasteiger charge is 2.40. The van der Waals surface area contributed by atoms with E-state index < -0.39 is 11.5 Å². The van der Waals surface area contributed by atoms with Gasteiger partial charge in [0.2, 0.25) is 5.60 Å². The van der Waals surface area contributed by atoms with Crippen LogP contribution < -0.4 is 5.73 Å². The predicted octanol–water partition coefficient (Wildman–Crippen LogP) is 1.48. The molecule has 6 heteroatoms. The number of primary amides is 1. The van der Waals surface area contributed by atoms with Crippen molar-refractivity contribution >= 4 is 17.5 Å². The summed E-state index contributed by atoms with van der Waals surface area (Å²) in [6.45, 7) is 3.56. The number of rotatable bonds is 3. The van der Waals surface area contributed by atoms with E-state index in [-0.39, 0.29) is 0 Å². The maximum Gasteiger partial charge on any atom is 0.264 e. The van der Waals surface area contributed by atoms with Gasteiger partial charge in [-0.25, -0.2) is 0 Å². The van der Waals surface area contributed by atoms with Crippen LogP contribution in [0, 0.1) is 5.41 Å². The average molecular weight is 300 g/mol. The molecule has 2 heterocycles. The van der Waals surface area contributed by atoms with Crippen LogP contribution in [-0.2, 0) is 9.63 Å². The molecule has 0 spiro atoms. The zero-order chi connectivity index (χ0) is 15.7. The summed E-state index contributed by atoms with van der Waals surface area (Å²) in [7, 11) is 0. The first-order valence-corrected chi connectivity index (χ1v) is 7.49. The molecule has 22 heavy (non-hydrogen) atoms. The molecule has 0 radical (unpaired) electrons. The van der Waals surface area contributed by atoms with Crippen molar-refractivity contribution in [2.45, 2.75) is 31.8 Å². The van der Waals surface area contributed by atoms with Gasteiger partial charge in [-0.3, -0.25) is 10.2 Å². The van der Waals surface area contributed by atoms with Crippen LogP contribution in [0.3, 0.4) is 0 Å². The Morgan fingerprint density at radius 2 is 1.95 bits per heavy atom. The van der Waals surface area contributed by atoms with Gasteiger partial charge in [0.25, 0.3) is 5.91 Å². The number of amidine groups is 1. The van der Waals surface area contributed by atoms with Gasteiger partial charge >= 0.3 is 0 Å². The van der Waals surface area contributed by atoms with E-state index in [4.69, 9.17) is 16.0 Å². The molecule has 6 nitrogen and oxygen atoms in total. The largest absolute Gasteiger partial charge is 0.379 e. The van der Waals surface area contributed by atoms with Crippen LogP contribution in [0.1, 0.15) is 37.3 Å². The molecule has 1 atom stereocenters. The highest BCUT2D eigenvalue weighted by molar-refractivity contribution is 6.06. The van der Waals surface area contributed by atoms with E-state index in [1.165, 1.54) is 0 Å². The fraction of sp³-hybridized carbons (Fsp3) is 0.438. The SMILES string of the molecule is CC1(C(N)=O)CC(c2ccc(C(=N)N3CCCC3)cc2)=NO1. The van der Waals surface area contributed by atoms with Gasteiger partial charge in [-0.05, 0) is 25.3 Å². The van der Waals surface area contributed by atoms with Crippen molar-refractivity contribution < 1.29 is 9.63 Å². The summed E-state index contributed by atoms with van der Waals surface area (Å²) in [5.74, 6) is 0.0503. The Bertz CT molecular complexity index is 632. The second kappa shape index (κ2) is 5.44. The summed E-state index contributed by atoms with van der Waals surface area (Å²) in [5.41, 5.74) is 6.77. The number of carbonyl (C=O) groups is 1. The number of amides is 1. The third-order valence-electron chi connectivity index (χ3n) is 4.30. The second-order valence-corrected chi connectivity index (χ2v) is 6.02. The summed E-state index contributed by atoms with van der Waals surface area (Å²) < 4.78 is 0. The van der Waals surface area contributed by atoms with Gasteiger partial charge in [0.1, 0.15) is 5.84 Å². The van der Waals surface area contributed by atoms with Crippen LogP contribution in [0.4, 0.5) is 0 Å². The minimum absolute atomic E-state index is 0.366. The standard InChI is InChI=1S/C16H20N4O2/c1-16(15(18)21)10-13(19-22-16)11-4-6-12(7-5-11)14(17)20-8-2-3-9-20/h4-7,17H,2-3,8-10H2,1H3,(H2,18,21). The molecule has 1 aromatic carbocycles. The van der Waals surface area contributed by atoms with Crippen molar-refractivity contribution in [1.29, 1.82) is 5.41 Å². The lowest BCUT2D eigenvalue weighted by molar-refractivity contribution is -0.138. The lowest BCUT2D eigenvalue weighted by atomic mass is 9.95. The lowest BCUT2D eigenvalue weighted by Crippen LogP contribution is -2.41. The fourth-order valence-electron chi connectivity index (χ4n) is 2.77. The normalized spacial score (nSPS) is 24.0. The zero-order valence-electron chi connectivity index (χ0n) is 12.6. The number of nitrogens with one attached hydrogen (secondary N) is 1. The molecule has 1 saturated heterocycles. The molecule has 0 saturated carbocycles. The van der Waals surface area contributed by atoms with Crippen molar-refractivity contribution in [3.05, 3.63) is 35.4 Å². The Hall–Kier alpha value is -2.37. The quantitative estimate of drug-likeness (QED) is 0.654. The minimum Gasteiger partial charge on any atom is -0.379 e. The predicted molar refractivity (Wildman–Crippen MR) is 83.9 cm³/mol. The number of nitrogens with two attached hydrogens (primary N) is 1. The van der Waals surface area contributed by atoms with Crippen molar-refractivity contribution in [2.24, 2.45) is 10.9 Å². The molecule has 2 aliphatic rings. The van der Waals surface area contributed by atoms with Gasteiger partial charge in [0, 0.05) is 25.1 Å². The van der Waals surface area contributed by atoms with Crippen molar-refractivity contribution in [3.63, 3.8) is 0 Å². The summed E-state index contributed by atoms with van der Waals surface area (Å²) in [6.07, 6.45) is 2.67. The van der Waals surface area contributed by atoms with E-state index in [1.807, 2.05) is 24.3 Å². The molecule has 1 aromatic rings. The number of oxime groups is 1. The molecule has 1 amide bonds. The van der Waals surface area contributed by atoms with Gasteiger partial charge < -0.3 is 15.5 Å². The Labute approximate surface area is 129 Å². The zero-order valence-corrected chi connectivity index (χ0v) is 12.6. The maximum atomic E-state index is 11.4. The Morgan fingerprint density at radius 1 is 1.32 bits per heavy atom. The van der Waals surface area contributed by atoms with Crippen molar-refractivity contribution in [2.75, 3.05) is 13.1 Å².